The maximum Gasteiger partial charge on any atom is 0.191 e. The number of anilines is 1. The third kappa shape index (κ3) is 11.0. The number of nitrogens with zero attached hydrogens (tertiary/aromatic N) is 1. The fourth-order valence-corrected chi connectivity index (χ4v) is 2.52. The van der Waals surface area contributed by atoms with Gasteiger partial charge < -0.3 is 20.7 Å². The fraction of sp³-hybridized carbons (Fsp3) is 0.588. The molecule has 0 unspecified atom stereocenters. The summed E-state index contributed by atoms with van der Waals surface area (Å²) in [5.41, 5.74) is 2.34. The first-order chi connectivity index (χ1) is 11.3. The number of methoxy groups -OCH3 is 1. The molecule has 0 atom stereocenters. The third-order valence-corrected chi connectivity index (χ3v) is 4.04. The number of guanidine groups is 1. The van der Waals surface area contributed by atoms with E-state index in [0.29, 0.717) is 6.61 Å². The van der Waals surface area contributed by atoms with Gasteiger partial charge in [0.15, 0.2) is 5.96 Å². The summed E-state index contributed by atoms with van der Waals surface area (Å²) in [6, 6.07) is 8.42. The van der Waals surface area contributed by atoms with E-state index < -0.39 is 0 Å². The second kappa shape index (κ2) is 15.8. The predicted octanol–water partition coefficient (Wildman–Crippen LogP) is 3.17. The number of halogens is 1. The standard InChI is InChI=1S/C17H30N4OS.HI/c1-18-17(20-10-4-5-13-23-3)21-14-15-6-8-16(9-7-15)19-11-12-22-2;/h6-9,19H,4-5,10-14H2,1-3H3,(H2,18,20,21);1H. The van der Waals surface area contributed by atoms with Crippen LogP contribution in [0.4, 0.5) is 5.69 Å². The minimum atomic E-state index is 0. The monoisotopic (exact) mass is 466 g/mol. The van der Waals surface area contributed by atoms with Gasteiger partial charge in [-0.05, 0) is 42.5 Å². The average molecular weight is 466 g/mol. The maximum atomic E-state index is 5.02. The number of hydrogen-bond donors (Lipinski definition) is 3. The molecule has 0 saturated heterocycles. The Morgan fingerprint density at radius 1 is 1.12 bits per heavy atom. The van der Waals surface area contributed by atoms with Gasteiger partial charge in [0.1, 0.15) is 0 Å². The maximum absolute atomic E-state index is 5.02. The molecule has 0 aliphatic rings. The molecular formula is C17H31IN4OS. The number of aliphatic imine (C=N–C) groups is 1. The number of hydrogen-bond acceptors (Lipinski definition) is 4. The second-order valence-corrected chi connectivity index (χ2v) is 6.15. The first kappa shape index (κ1) is 23.3. The van der Waals surface area contributed by atoms with E-state index in [1.807, 2.05) is 11.8 Å². The van der Waals surface area contributed by atoms with E-state index in [4.69, 9.17) is 4.74 Å². The van der Waals surface area contributed by atoms with Crippen LogP contribution in [-0.2, 0) is 11.3 Å². The summed E-state index contributed by atoms with van der Waals surface area (Å²) >= 11 is 1.90. The summed E-state index contributed by atoms with van der Waals surface area (Å²) < 4.78 is 5.02. The van der Waals surface area contributed by atoms with Crippen molar-refractivity contribution in [2.75, 3.05) is 51.2 Å². The van der Waals surface area contributed by atoms with Gasteiger partial charge in [0, 0.05) is 39.5 Å². The highest BCUT2D eigenvalue weighted by molar-refractivity contribution is 14.0. The predicted molar refractivity (Wildman–Crippen MR) is 118 cm³/mol. The molecule has 24 heavy (non-hydrogen) atoms. The van der Waals surface area contributed by atoms with Gasteiger partial charge in [0.2, 0.25) is 0 Å². The molecule has 1 aromatic rings. The minimum Gasteiger partial charge on any atom is -0.383 e. The van der Waals surface area contributed by atoms with Crippen LogP contribution in [0.3, 0.4) is 0 Å². The van der Waals surface area contributed by atoms with Crippen molar-refractivity contribution in [1.82, 2.24) is 10.6 Å². The van der Waals surface area contributed by atoms with Gasteiger partial charge in [-0.25, -0.2) is 0 Å². The van der Waals surface area contributed by atoms with Crippen LogP contribution >= 0.6 is 35.7 Å². The molecule has 0 aliphatic carbocycles. The molecule has 0 aliphatic heterocycles. The van der Waals surface area contributed by atoms with E-state index in [-0.39, 0.29) is 24.0 Å². The number of unbranched alkanes of at least 4 members (excludes halogenated alkanes) is 1. The Bertz CT molecular complexity index is 443. The highest BCUT2D eigenvalue weighted by atomic mass is 127. The van der Waals surface area contributed by atoms with Crippen molar-refractivity contribution in [3.05, 3.63) is 29.8 Å². The Morgan fingerprint density at radius 3 is 2.50 bits per heavy atom. The SMILES string of the molecule is CN=C(NCCCCSC)NCc1ccc(NCCOC)cc1.I. The molecule has 1 aromatic carbocycles. The van der Waals surface area contributed by atoms with Gasteiger partial charge >= 0.3 is 0 Å². The lowest BCUT2D eigenvalue weighted by Gasteiger charge is -2.12. The molecular weight excluding hydrogens is 435 g/mol. The molecule has 0 spiro atoms. The van der Waals surface area contributed by atoms with Crippen molar-refractivity contribution in [1.29, 1.82) is 0 Å². The smallest absolute Gasteiger partial charge is 0.191 e. The van der Waals surface area contributed by atoms with E-state index in [0.717, 1.165) is 31.3 Å². The molecule has 0 bridgehead atoms. The first-order valence-corrected chi connectivity index (χ1v) is 9.44. The van der Waals surface area contributed by atoms with Gasteiger partial charge in [0.05, 0.1) is 6.61 Å². The van der Waals surface area contributed by atoms with Gasteiger partial charge in [-0.3, -0.25) is 4.99 Å². The highest BCUT2D eigenvalue weighted by Gasteiger charge is 1.99. The lowest BCUT2D eigenvalue weighted by Crippen LogP contribution is -2.37. The molecule has 138 valence electrons. The molecule has 3 N–H and O–H groups in total. The first-order valence-electron chi connectivity index (χ1n) is 8.05. The van der Waals surface area contributed by atoms with E-state index in [2.05, 4.69) is 51.5 Å². The fourth-order valence-electron chi connectivity index (χ4n) is 2.02. The molecule has 0 heterocycles. The van der Waals surface area contributed by atoms with Crippen LogP contribution in [0.5, 0.6) is 0 Å². The normalized spacial score (nSPS) is 10.9. The average Bonchev–Trinajstić information content (AvgIpc) is 2.59. The zero-order valence-corrected chi connectivity index (χ0v) is 18.1. The second-order valence-electron chi connectivity index (χ2n) is 5.17. The van der Waals surface area contributed by atoms with Crippen molar-refractivity contribution in [2.45, 2.75) is 19.4 Å². The van der Waals surface area contributed by atoms with Crippen LogP contribution in [0.15, 0.2) is 29.3 Å². The van der Waals surface area contributed by atoms with Crippen LogP contribution < -0.4 is 16.0 Å². The zero-order valence-electron chi connectivity index (χ0n) is 14.9. The Morgan fingerprint density at radius 2 is 1.88 bits per heavy atom. The summed E-state index contributed by atoms with van der Waals surface area (Å²) in [6.07, 6.45) is 4.55. The van der Waals surface area contributed by atoms with Crippen molar-refractivity contribution < 1.29 is 4.74 Å². The summed E-state index contributed by atoms with van der Waals surface area (Å²) in [7, 11) is 3.51. The van der Waals surface area contributed by atoms with Crippen LogP contribution in [0.1, 0.15) is 18.4 Å². The van der Waals surface area contributed by atoms with Crippen molar-refractivity contribution in [3.63, 3.8) is 0 Å². The highest BCUT2D eigenvalue weighted by Crippen LogP contribution is 2.09. The Labute approximate surface area is 167 Å². The topological polar surface area (TPSA) is 57.7 Å². The summed E-state index contributed by atoms with van der Waals surface area (Å²) in [6.45, 7) is 3.26. The Balaban J connectivity index is 0.00000529. The molecule has 5 nitrogen and oxygen atoms in total. The minimum absolute atomic E-state index is 0. The van der Waals surface area contributed by atoms with Crippen molar-refractivity contribution in [3.8, 4) is 0 Å². The quantitative estimate of drug-likeness (QED) is 0.203. The Kier molecular flexibility index (Phi) is 15.4. The van der Waals surface area contributed by atoms with Crippen molar-refractivity contribution in [2.24, 2.45) is 4.99 Å². The molecule has 0 aromatic heterocycles. The molecule has 1 rings (SSSR count). The van der Waals surface area contributed by atoms with Crippen LogP contribution in [0.25, 0.3) is 0 Å². The molecule has 0 saturated carbocycles. The van der Waals surface area contributed by atoms with Gasteiger partial charge in [-0.15, -0.1) is 24.0 Å². The van der Waals surface area contributed by atoms with E-state index >= 15 is 0 Å². The van der Waals surface area contributed by atoms with E-state index in [1.54, 1.807) is 14.2 Å². The number of rotatable bonds is 11. The zero-order chi connectivity index (χ0) is 16.8. The van der Waals surface area contributed by atoms with Gasteiger partial charge in [-0.1, -0.05) is 12.1 Å². The number of benzene rings is 1. The summed E-state index contributed by atoms with van der Waals surface area (Å²) in [5, 5.41) is 10.00. The van der Waals surface area contributed by atoms with Crippen LogP contribution in [-0.4, -0.2) is 51.8 Å². The molecule has 0 radical (unpaired) electrons. The van der Waals surface area contributed by atoms with E-state index in [9.17, 15) is 0 Å². The molecule has 0 fully saturated rings. The molecule has 7 heteroatoms. The third-order valence-electron chi connectivity index (χ3n) is 3.34. The van der Waals surface area contributed by atoms with Crippen LogP contribution in [0, 0.1) is 0 Å². The summed E-state index contributed by atoms with van der Waals surface area (Å²) in [5.74, 6) is 2.08. The summed E-state index contributed by atoms with van der Waals surface area (Å²) in [4.78, 5) is 4.25. The Hall–Kier alpha value is -0.670. The van der Waals surface area contributed by atoms with Gasteiger partial charge in [0.25, 0.3) is 0 Å². The number of ether oxygens (including phenoxy) is 1. The van der Waals surface area contributed by atoms with Gasteiger partial charge in [-0.2, -0.15) is 11.8 Å². The number of nitrogens with one attached hydrogen (secondary N) is 3. The largest absolute Gasteiger partial charge is 0.383 e. The lowest BCUT2D eigenvalue weighted by atomic mass is 10.2. The van der Waals surface area contributed by atoms with Crippen molar-refractivity contribution >= 4 is 47.4 Å². The number of thioether (sulfide) groups is 1. The van der Waals surface area contributed by atoms with E-state index in [1.165, 1.54) is 24.2 Å². The lowest BCUT2D eigenvalue weighted by molar-refractivity contribution is 0.211. The van der Waals surface area contributed by atoms with Crippen LogP contribution in [0.2, 0.25) is 0 Å². The molecule has 0 amide bonds.